The molecule has 0 N–H and O–H groups in total. The predicted molar refractivity (Wildman–Crippen MR) is 123 cm³/mol. The van der Waals surface area contributed by atoms with Gasteiger partial charge in [0.15, 0.2) is 23.0 Å². The van der Waals surface area contributed by atoms with Crippen molar-refractivity contribution in [2.45, 2.75) is 12.3 Å². The minimum atomic E-state index is -0.596. The van der Waals surface area contributed by atoms with Crippen LogP contribution in [0.1, 0.15) is 24.0 Å². The minimum absolute atomic E-state index is 0.596. The van der Waals surface area contributed by atoms with E-state index in [4.69, 9.17) is 27.8 Å². The first-order valence-corrected chi connectivity index (χ1v) is 10.2. The molecule has 5 rings (SSSR count). The third kappa shape index (κ3) is 2.72. The maximum absolute atomic E-state index is 6.35. The van der Waals surface area contributed by atoms with Crippen molar-refractivity contribution in [3.8, 4) is 23.0 Å². The second-order valence-corrected chi connectivity index (χ2v) is 7.93. The second kappa shape index (κ2) is 7.12. The van der Waals surface area contributed by atoms with Crippen LogP contribution < -0.4 is 18.9 Å². The summed E-state index contributed by atoms with van der Waals surface area (Å²) in [6, 6.07) is 9.57. The Morgan fingerprint density at radius 1 is 0.750 bits per heavy atom. The van der Waals surface area contributed by atoms with Crippen molar-refractivity contribution in [2.75, 3.05) is 28.4 Å². The number of allylic oxidation sites excluding steroid dienone is 3. The van der Waals surface area contributed by atoms with E-state index >= 15 is 0 Å². The van der Waals surface area contributed by atoms with Crippen molar-refractivity contribution in [3.63, 3.8) is 0 Å². The van der Waals surface area contributed by atoms with Gasteiger partial charge < -0.3 is 27.8 Å². The molecule has 1 aliphatic carbocycles. The van der Waals surface area contributed by atoms with Crippen LogP contribution in [0.25, 0.3) is 27.5 Å². The van der Waals surface area contributed by atoms with Crippen LogP contribution in [0.3, 0.4) is 0 Å². The number of methoxy groups -OCH3 is 4. The summed E-state index contributed by atoms with van der Waals surface area (Å²) < 4.78 is 34.5. The zero-order valence-corrected chi connectivity index (χ0v) is 18.7. The molecular formula is C26H24O6. The molecule has 4 aromatic rings. The fourth-order valence-corrected chi connectivity index (χ4v) is 4.42. The number of hydrogen-bond donors (Lipinski definition) is 0. The fourth-order valence-electron chi connectivity index (χ4n) is 4.42. The lowest BCUT2D eigenvalue weighted by Crippen LogP contribution is -2.23. The normalized spacial score (nSPS) is 17.6. The van der Waals surface area contributed by atoms with Crippen molar-refractivity contribution in [1.29, 1.82) is 0 Å². The Morgan fingerprint density at radius 3 is 2.00 bits per heavy atom. The molecular weight excluding hydrogens is 408 g/mol. The van der Waals surface area contributed by atoms with Gasteiger partial charge in [0.25, 0.3) is 0 Å². The van der Waals surface area contributed by atoms with Crippen molar-refractivity contribution in [3.05, 3.63) is 66.1 Å². The van der Waals surface area contributed by atoms with Gasteiger partial charge in [-0.1, -0.05) is 18.7 Å². The highest BCUT2D eigenvalue weighted by atomic mass is 16.5. The van der Waals surface area contributed by atoms with Gasteiger partial charge in [-0.15, -0.1) is 0 Å². The molecule has 2 aromatic heterocycles. The molecule has 0 bridgehead atoms. The van der Waals surface area contributed by atoms with Crippen LogP contribution in [0.5, 0.6) is 23.0 Å². The summed E-state index contributed by atoms with van der Waals surface area (Å²) in [5, 5.41) is 1.84. The molecule has 1 aliphatic rings. The quantitative estimate of drug-likeness (QED) is 0.380. The smallest absolute Gasteiger partial charge is 0.164 e. The highest BCUT2D eigenvalue weighted by molar-refractivity contribution is 5.94. The molecule has 0 saturated heterocycles. The zero-order valence-electron chi connectivity index (χ0n) is 18.7. The fraction of sp³-hybridized carbons (Fsp3) is 0.231. The van der Waals surface area contributed by atoms with E-state index in [2.05, 4.69) is 19.6 Å². The molecule has 6 heteroatoms. The highest BCUT2D eigenvalue weighted by Gasteiger charge is 2.39. The van der Waals surface area contributed by atoms with Gasteiger partial charge in [-0.3, -0.25) is 0 Å². The van der Waals surface area contributed by atoms with E-state index < -0.39 is 5.41 Å². The monoisotopic (exact) mass is 432 g/mol. The molecule has 2 heterocycles. The van der Waals surface area contributed by atoms with E-state index in [0.29, 0.717) is 34.2 Å². The van der Waals surface area contributed by atoms with Gasteiger partial charge >= 0.3 is 0 Å². The van der Waals surface area contributed by atoms with Gasteiger partial charge in [-0.2, -0.15) is 0 Å². The van der Waals surface area contributed by atoms with E-state index in [1.165, 1.54) is 0 Å². The van der Waals surface area contributed by atoms with E-state index in [0.717, 1.165) is 33.4 Å². The number of rotatable bonds is 5. The van der Waals surface area contributed by atoms with Crippen LogP contribution in [-0.2, 0) is 5.41 Å². The Hall–Kier alpha value is -3.80. The summed E-state index contributed by atoms with van der Waals surface area (Å²) in [7, 11) is 6.45. The Kier molecular flexibility index (Phi) is 4.48. The Bertz CT molecular complexity index is 1360. The predicted octanol–water partition coefficient (Wildman–Crippen LogP) is 6.10. The Morgan fingerprint density at radius 2 is 1.34 bits per heavy atom. The molecule has 0 spiro atoms. The number of fused-ring (bicyclic) bond motifs is 4. The molecule has 0 unspecified atom stereocenters. The first-order valence-electron chi connectivity index (χ1n) is 10.2. The van der Waals surface area contributed by atoms with Gasteiger partial charge in [0, 0.05) is 34.0 Å². The van der Waals surface area contributed by atoms with Gasteiger partial charge in [0.1, 0.15) is 22.7 Å². The SMILES string of the molecule is C=C1C=C[C@@](C)(c2cc3cc(OC)c(OC)cc3o2)c2c1oc1cc(OC)c(OC)cc21. The maximum Gasteiger partial charge on any atom is 0.164 e. The van der Waals surface area contributed by atoms with E-state index in [1.54, 1.807) is 28.4 Å². The third-order valence-corrected chi connectivity index (χ3v) is 6.16. The molecule has 1 atom stereocenters. The molecule has 164 valence electrons. The molecule has 6 nitrogen and oxygen atoms in total. The number of benzene rings is 2. The first-order chi connectivity index (χ1) is 15.4. The molecule has 0 amide bonds. The molecule has 0 radical (unpaired) electrons. The van der Waals surface area contributed by atoms with Crippen molar-refractivity contribution in [2.24, 2.45) is 0 Å². The second-order valence-electron chi connectivity index (χ2n) is 7.93. The number of ether oxygens (including phenoxy) is 4. The van der Waals surface area contributed by atoms with Crippen LogP contribution in [0.2, 0.25) is 0 Å². The van der Waals surface area contributed by atoms with E-state index in [9.17, 15) is 0 Å². The molecule has 0 saturated carbocycles. The largest absolute Gasteiger partial charge is 0.493 e. The highest BCUT2D eigenvalue weighted by Crippen LogP contribution is 2.50. The summed E-state index contributed by atoms with van der Waals surface area (Å²) >= 11 is 0. The van der Waals surface area contributed by atoms with Gasteiger partial charge in [0.05, 0.1) is 33.9 Å². The van der Waals surface area contributed by atoms with Crippen LogP contribution in [0.4, 0.5) is 0 Å². The summed E-state index contributed by atoms with van der Waals surface area (Å²) in [6.07, 6.45) is 4.06. The lowest BCUT2D eigenvalue weighted by molar-refractivity contribution is 0.355. The Balaban J connectivity index is 1.77. The van der Waals surface area contributed by atoms with Gasteiger partial charge in [0.2, 0.25) is 0 Å². The Labute approximate surface area is 185 Å². The number of furan rings is 2. The summed E-state index contributed by atoms with van der Waals surface area (Å²) in [6.45, 7) is 6.28. The molecule has 0 aliphatic heterocycles. The van der Waals surface area contributed by atoms with Crippen molar-refractivity contribution in [1.82, 2.24) is 0 Å². The van der Waals surface area contributed by atoms with Crippen LogP contribution in [0.15, 0.2) is 57.9 Å². The average Bonchev–Trinajstić information content (AvgIpc) is 3.41. The van der Waals surface area contributed by atoms with Crippen molar-refractivity contribution >= 4 is 27.5 Å². The molecule has 2 aromatic carbocycles. The van der Waals surface area contributed by atoms with Crippen molar-refractivity contribution < 1.29 is 27.8 Å². The topological polar surface area (TPSA) is 63.2 Å². The summed E-state index contributed by atoms with van der Waals surface area (Å²) in [5.41, 5.74) is 2.58. The lowest BCUT2D eigenvalue weighted by Gasteiger charge is -2.27. The van der Waals surface area contributed by atoms with Crippen LogP contribution in [-0.4, -0.2) is 28.4 Å². The third-order valence-electron chi connectivity index (χ3n) is 6.16. The summed E-state index contributed by atoms with van der Waals surface area (Å²) in [5.74, 6) is 3.99. The number of hydrogen-bond acceptors (Lipinski definition) is 6. The van der Waals surface area contributed by atoms with Crippen LogP contribution >= 0.6 is 0 Å². The van der Waals surface area contributed by atoms with E-state index in [1.807, 2.05) is 36.4 Å². The standard InChI is InChI=1S/C26H24O6/c1-14-7-8-26(2,23-10-15-9-19(27-3)21(29-5)12-17(15)31-23)24-16-11-20(28-4)22(30-6)13-18(16)32-25(14)24/h7-13H,1H2,2-6H3/t26-/m0/s1. The van der Waals surface area contributed by atoms with Gasteiger partial charge in [-0.05, 0) is 25.1 Å². The average molecular weight is 432 g/mol. The molecule has 0 fully saturated rings. The van der Waals surface area contributed by atoms with Crippen LogP contribution in [0, 0.1) is 0 Å². The van der Waals surface area contributed by atoms with E-state index in [-0.39, 0.29) is 0 Å². The minimum Gasteiger partial charge on any atom is -0.493 e. The zero-order chi connectivity index (χ0) is 22.6. The molecule has 32 heavy (non-hydrogen) atoms. The lowest BCUT2D eigenvalue weighted by atomic mass is 9.74. The maximum atomic E-state index is 6.35. The van der Waals surface area contributed by atoms with Gasteiger partial charge in [-0.25, -0.2) is 0 Å². The summed E-state index contributed by atoms with van der Waals surface area (Å²) in [4.78, 5) is 0. The first kappa shape index (κ1) is 20.1.